The molecule has 2 N–H and O–H groups in total. The van der Waals surface area contributed by atoms with Crippen LogP contribution in [0.2, 0.25) is 0 Å². The van der Waals surface area contributed by atoms with Crippen LogP contribution in [0.5, 0.6) is 0 Å². The average Bonchev–Trinajstić information content (AvgIpc) is 2.84. The Bertz CT molecular complexity index is 698. The number of nitrogens with one attached hydrogen (secondary N) is 2. The van der Waals surface area contributed by atoms with Crippen LogP contribution in [0, 0.1) is 6.92 Å². The van der Waals surface area contributed by atoms with Crippen molar-refractivity contribution in [1.82, 2.24) is 10.3 Å². The third-order valence-electron chi connectivity index (χ3n) is 3.35. The van der Waals surface area contributed by atoms with Crippen LogP contribution < -0.4 is 5.32 Å². The molecule has 1 aromatic heterocycles. The molecule has 3 aromatic rings. The lowest BCUT2D eigenvalue weighted by atomic mass is 10.1. The minimum Gasteiger partial charge on any atom is -0.349 e. The van der Waals surface area contributed by atoms with E-state index in [-0.39, 0.29) is 0 Å². The zero-order valence-corrected chi connectivity index (χ0v) is 12.6. The fourth-order valence-electron chi connectivity index (χ4n) is 2.36. The SMILES string of the molecule is CNCc1ccc(Sc2cc3ccccc3[nH]2)c(C)c1. The van der Waals surface area contributed by atoms with Crippen molar-refractivity contribution in [3.05, 3.63) is 59.7 Å². The summed E-state index contributed by atoms with van der Waals surface area (Å²) in [7, 11) is 1.97. The van der Waals surface area contributed by atoms with Crippen molar-refractivity contribution in [2.75, 3.05) is 7.05 Å². The van der Waals surface area contributed by atoms with Crippen molar-refractivity contribution in [3.63, 3.8) is 0 Å². The molecule has 0 aliphatic heterocycles. The number of aromatic nitrogens is 1. The minimum absolute atomic E-state index is 0.915. The number of para-hydroxylation sites is 1. The first kappa shape index (κ1) is 13.3. The molecule has 0 bridgehead atoms. The van der Waals surface area contributed by atoms with Gasteiger partial charge in [-0.15, -0.1) is 0 Å². The van der Waals surface area contributed by atoms with E-state index in [1.807, 2.05) is 7.05 Å². The summed E-state index contributed by atoms with van der Waals surface area (Å²) >= 11 is 1.79. The lowest BCUT2D eigenvalue weighted by Crippen LogP contribution is -2.05. The van der Waals surface area contributed by atoms with E-state index in [1.165, 1.54) is 32.0 Å². The van der Waals surface area contributed by atoms with E-state index in [2.05, 4.69) is 65.8 Å². The number of hydrogen-bond donors (Lipinski definition) is 2. The highest BCUT2D eigenvalue weighted by atomic mass is 32.2. The zero-order chi connectivity index (χ0) is 13.9. The van der Waals surface area contributed by atoms with Crippen molar-refractivity contribution in [2.24, 2.45) is 0 Å². The smallest absolute Gasteiger partial charge is 0.0780 e. The molecule has 0 radical (unpaired) electrons. The maximum Gasteiger partial charge on any atom is 0.0780 e. The predicted molar refractivity (Wildman–Crippen MR) is 86.4 cm³/mol. The van der Waals surface area contributed by atoms with Gasteiger partial charge in [0.1, 0.15) is 0 Å². The first-order chi connectivity index (χ1) is 9.76. The second-order valence-electron chi connectivity index (χ2n) is 4.95. The lowest BCUT2D eigenvalue weighted by molar-refractivity contribution is 0.815. The Morgan fingerprint density at radius 1 is 1.10 bits per heavy atom. The highest BCUT2D eigenvalue weighted by molar-refractivity contribution is 7.99. The summed E-state index contributed by atoms with van der Waals surface area (Å²) in [5, 5.41) is 5.64. The van der Waals surface area contributed by atoms with Crippen molar-refractivity contribution >= 4 is 22.7 Å². The van der Waals surface area contributed by atoms with E-state index in [9.17, 15) is 0 Å². The molecule has 20 heavy (non-hydrogen) atoms. The fraction of sp³-hybridized carbons (Fsp3) is 0.176. The van der Waals surface area contributed by atoms with Gasteiger partial charge >= 0.3 is 0 Å². The van der Waals surface area contributed by atoms with Gasteiger partial charge in [0, 0.05) is 22.3 Å². The molecule has 0 amide bonds. The van der Waals surface area contributed by atoms with E-state index < -0.39 is 0 Å². The van der Waals surface area contributed by atoms with Gasteiger partial charge in [0.05, 0.1) is 5.03 Å². The monoisotopic (exact) mass is 282 g/mol. The summed E-state index contributed by atoms with van der Waals surface area (Å²) < 4.78 is 0. The first-order valence-corrected chi connectivity index (χ1v) is 7.57. The maximum absolute atomic E-state index is 3.46. The van der Waals surface area contributed by atoms with Crippen molar-refractivity contribution < 1.29 is 0 Å². The topological polar surface area (TPSA) is 27.8 Å². The van der Waals surface area contributed by atoms with Gasteiger partial charge in [0.25, 0.3) is 0 Å². The molecule has 2 aromatic carbocycles. The largest absolute Gasteiger partial charge is 0.349 e. The van der Waals surface area contributed by atoms with Gasteiger partial charge in [-0.2, -0.15) is 0 Å². The highest BCUT2D eigenvalue weighted by Gasteiger charge is 2.05. The molecule has 0 saturated carbocycles. The van der Waals surface area contributed by atoms with Crippen LogP contribution in [0.15, 0.2) is 58.5 Å². The lowest BCUT2D eigenvalue weighted by Gasteiger charge is -2.07. The number of aromatic amines is 1. The molecule has 2 nitrogen and oxygen atoms in total. The number of aryl methyl sites for hydroxylation is 1. The molecule has 1 heterocycles. The summed E-state index contributed by atoms with van der Waals surface area (Å²) in [5.74, 6) is 0. The third-order valence-corrected chi connectivity index (χ3v) is 4.46. The summed E-state index contributed by atoms with van der Waals surface area (Å²) in [6, 6.07) is 17.2. The van der Waals surface area contributed by atoms with Crippen LogP contribution in [0.3, 0.4) is 0 Å². The van der Waals surface area contributed by atoms with Crippen molar-refractivity contribution in [2.45, 2.75) is 23.4 Å². The number of fused-ring (bicyclic) bond motifs is 1. The fourth-order valence-corrected chi connectivity index (χ4v) is 3.30. The molecule has 0 unspecified atom stereocenters. The minimum atomic E-state index is 0.915. The number of rotatable bonds is 4. The third kappa shape index (κ3) is 2.74. The van der Waals surface area contributed by atoms with E-state index in [0.717, 1.165) is 6.54 Å². The van der Waals surface area contributed by atoms with Crippen LogP contribution in [0.1, 0.15) is 11.1 Å². The molecular weight excluding hydrogens is 264 g/mol. The number of H-pyrrole nitrogens is 1. The summed E-state index contributed by atoms with van der Waals surface area (Å²) in [4.78, 5) is 4.76. The van der Waals surface area contributed by atoms with Gasteiger partial charge < -0.3 is 10.3 Å². The van der Waals surface area contributed by atoms with Crippen LogP contribution in [-0.4, -0.2) is 12.0 Å². The summed E-state index contributed by atoms with van der Waals surface area (Å²) in [6.07, 6.45) is 0. The summed E-state index contributed by atoms with van der Waals surface area (Å²) in [5.41, 5.74) is 3.84. The molecule has 0 spiro atoms. The van der Waals surface area contributed by atoms with E-state index in [4.69, 9.17) is 0 Å². The number of benzene rings is 2. The normalized spacial score (nSPS) is 11.1. The van der Waals surface area contributed by atoms with Crippen LogP contribution >= 0.6 is 11.8 Å². The summed E-state index contributed by atoms with van der Waals surface area (Å²) in [6.45, 7) is 3.09. The predicted octanol–water partition coefficient (Wildman–Crippen LogP) is 4.35. The zero-order valence-electron chi connectivity index (χ0n) is 11.7. The molecule has 0 aliphatic rings. The Morgan fingerprint density at radius 2 is 1.95 bits per heavy atom. The quantitative estimate of drug-likeness (QED) is 0.744. The number of hydrogen-bond acceptors (Lipinski definition) is 2. The van der Waals surface area contributed by atoms with E-state index in [1.54, 1.807) is 11.8 Å². The van der Waals surface area contributed by atoms with Gasteiger partial charge in [0.15, 0.2) is 0 Å². The molecule has 3 heteroatoms. The van der Waals surface area contributed by atoms with Crippen LogP contribution in [0.4, 0.5) is 0 Å². The van der Waals surface area contributed by atoms with Gasteiger partial charge in [-0.25, -0.2) is 0 Å². The Balaban J connectivity index is 1.86. The Morgan fingerprint density at radius 3 is 2.70 bits per heavy atom. The van der Waals surface area contributed by atoms with E-state index >= 15 is 0 Å². The molecule has 0 saturated heterocycles. The Hall–Kier alpha value is -1.71. The second-order valence-corrected chi connectivity index (χ2v) is 6.04. The standard InChI is InChI=1S/C17H18N2S/c1-12-9-13(11-18-2)7-8-16(12)20-17-10-14-5-3-4-6-15(14)19-17/h3-10,18-19H,11H2,1-2H3. The molecular formula is C17H18N2S. The van der Waals surface area contributed by atoms with E-state index in [0.29, 0.717) is 0 Å². The molecule has 3 rings (SSSR count). The molecule has 102 valence electrons. The maximum atomic E-state index is 3.46. The van der Waals surface area contributed by atoms with Gasteiger partial charge in [0.2, 0.25) is 0 Å². The van der Waals surface area contributed by atoms with Crippen molar-refractivity contribution in [1.29, 1.82) is 0 Å². The molecule has 0 atom stereocenters. The Kier molecular flexibility index (Phi) is 3.81. The van der Waals surface area contributed by atoms with Gasteiger partial charge in [-0.05, 0) is 43.3 Å². The average molecular weight is 282 g/mol. The van der Waals surface area contributed by atoms with Gasteiger partial charge in [-0.1, -0.05) is 42.1 Å². The first-order valence-electron chi connectivity index (χ1n) is 6.76. The van der Waals surface area contributed by atoms with Crippen LogP contribution in [-0.2, 0) is 6.54 Å². The van der Waals surface area contributed by atoms with Crippen LogP contribution in [0.25, 0.3) is 10.9 Å². The Labute approximate surface area is 123 Å². The molecule has 0 fully saturated rings. The second kappa shape index (κ2) is 5.73. The van der Waals surface area contributed by atoms with Gasteiger partial charge in [-0.3, -0.25) is 0 Å². The van der Waals surface area contributed by atoms with Crippen molar-refractivity contribution in [3.8, 4) is 0 Å². The highest BCUT2D eigenvalue weighted by Crippen LogP contribution is 2.32. The molecule has 0 aliphatic carbocycles.